The quantitative estimate of drug-likeness (QED) is 0.507. The summed E-state index contributed by atoms with van der Waals surface area (Å²) in [4.78, 5) is 32.2. The van der Waals surface area contributed by atoms with Gasteiger partial charge in [0.1, 0.15) is 6.04 Å². The van der Waals surface area contributed by atoms with E-state index >= 15 is 0 Å². The van der Waals surface area contributed by atoms with Crippen molar-refractivity contribution in [2.75, 3.05) is 13.7 Å². The lowest BCUT2D eigenvalue weighted by Crippen LogP contribution is -2.39. The molecule has 0 saturated heterocycles. The molecule has 0 amide bonds. The van der Waals surface area contributed by atoms with Crippen molar-refractivity contribution in [1.29, 1.82) is 0 Å². The van der Waals surface area contributed by atoms with Crippen LogP contribution in [0.15, 0.2) is 55.2 Å². The molecule has 1 atom stereocenters. The summed E-state index contributed by atoms with van der Waals surface area (Å²) in [5.41, 5.74) is 1.31. The molecule has 0 bridgehead atoms. The standard InChI is InChI=1S/C22H19BrN2O5S2/c1-4-30-21(28)17-11(2)24-22-25(18(17)15-6-5-7-31-15)20(27)16(32-22)10-12-8-13(23)19(26)14(9-12)29-3/h5-10,18,26H,4H2,1-3H3/b16-10+. The summed E-state index contributed by atoms with van der Waals surface area (Å²) >= 11 is 6.01. The van der Waals surface area contributed by atoms with Crippen molar-refractivity contribution < 1.29 is 19.4 Å². The zero-order valence-electron chi connectivity index (χ0n) is 17.4. The minimum atomic E-state index is -0.603. The number of allylic oxidation sites excluding steroid dienone is 1. The van der Waals surface area contributed by atoms with Crippen LogP contribution in [-0.4, -0.2) is 29.4 Å². The van der Waals surface area contributed by atoms with Crippen molar-refractivity contribution in [3.63, 3.8) is 0 Å². The number of phenolic OH excluding ortho intramolecular Hbond substituents is 1. The highest BCUT2D eigenvalue weighted by Crippen LogP contribution is 2.36. The molecule has 4 rings (SSSR count). The van der Waals surface area contributed by atoms with E-state index in [1.165, 1.54) is 29.8 Å². The largest absolute Gasteiger partial charge is 0.503 e. The maximum absolute atomic E-state index is 13.5. The van der Waals surface area contributed by atoms with Gasteiger partial charge >= 0.3 is 5.97 Å². The van der Waals surface area contributed by atoms with Gasteiger partial charge in [0.25, 0.3) is 5.56 Å². The lowest BCUT2D eigenvalue weighted by atomic mass is 10.0. The van der Waals surface area contributed by atoms with Crippen molar-refractivity contribution in [3.05, 3.63) is 75.5 Å². The van der Waals surface area contributed by atoms with Crippen LogP contribution in [0.25, 0.3) is 6.08 Å². The highest BCUT2D eigenvalue weighted by atomic mass is 79.9. The molecule has 32 heavy (non-hydrogen) atoms. The number of methoxy groups -OCH3 is 1. The number of aromatic hydroxyl groups is 1. The first-order valence-electron chi connectivity index (χ1n) is 9.65. The van der Waals surface area contributed by atoms with Gasteiger partial charge in [0.15, 0.2) is 16.3 Å². The first-order valence-corrected chi connectivity index (χ1v) is 12.1. The fourth-order valence-electron chi connectivity index (χ4n) is 3.49. The van der Waals surface area contributed by atoms with Crippen molar-refractivity contribution in [2.45, 2.75) is 19.9 Å². The van der Waals surface area contributed by atoms with Gasteiger partial charge in [-0.1, -0.05) is 17.4 Å². The number of hydrogen-bond donors (Lipinski definition) is 1. The fraction of sp³-hybridized carbons (Fsp3) is 0.227. The number of aromatic nitrogens is 1. The lowest BCUT2D eigenvalue weighted by molar-refractivity contribution is -0.139. The van der Waals surface area contributed by atoms with Crippen LogP contribution in [0.3, 0.4) is 0 Å². The van der Waals surface area contributed by atoms with E-state index in [1.807, 2.05) is 17.5 Å². The molecule has 2 aromatic heterocycles. The molecule has 1 aliphatic rings. The molecule has 0 aliphatic carbocycles. The van der Waals surface area contributed by atoms with Crippen LogP contribution in [0.4, 0.5) is 0 Å². The molecule has 0 radical (unpaired) electrons. The third-order valence-electron chi connectivity index (χ3n) is 4.90. The summed E-state index contributed by atoms with van der Waals surface area (Å²) in [5, 5.41) is 12.0. The predicted octanol–water partition coefficient (Wildman–Crippen LogP) is 3.34. The van der Waals surface area contributed by atoms with Gasteiger partial charge in [-0.3, -0.25) is 9.36 Å². The molecule has 7 nitrogen and oxygen atoms in total. The van der Waals surface area contributed by atoms with E-state index in [4.69, 9.17) is 9.47 Å². The molecule has 1 unspecified atom stereocenters. The Morgan fingerprint density at radius 1 is 1.41 bits per heavy atom. The van der Waals surface area contributed by atoms with E-state index in [0.29, 0.717) is 30.6 Å². The molecule has 0 saturated carbocycles. The summed E-state index contributed by atoms with van der Waals surface area (Å²) in [6.07, 6.45) is 1.71. The zero-order valence-corrected chi connectivity index (χ0v) is 20.6. The average Bonchev–Trinajstić information content (AvgIpc) is 3.38. The number of esters is 1. The Labute approximate surface area is 199 Å². The summed E-state index contributed by atoms with van der Waals surface area (Å²) in [5.74, 6) is -0.206. The Morgan fingerprint density at radius 3 is 2.84 bits per heavy atom. The fourth-order valence-corrected chi connectivity index (χ4v) is 5.82. The van der Waals surface area contributed by atoms with Crippen molar-refractivity contribution >= 4 is 50.6 Å². The smallest absolute Gasteiger partial charge is 0.338 e. The number of rotatable bonds is 5. The molecule has 1 aliphatic heterocycles. The highest BCUT2D eigenvalue weighted by molar-refractivity contribution is 9.10. The molecular weight excluding hydrogens is 516 g/mol. The highest BCUT2D eigenvalue weighted by Gasteiger charge is 2.33. The number of nitrogens with zero attached hydrogens (tertiary/aromatic N) is 2. The first kappa shape index (κ1) is 22.5. The van der Waals surface area contributed by atoms with Crippen LogP contribution in [0, 0.1) is 0 Å². The second kappa shape index (κ2) is 9.05. The molecule has 1 aromatic carbocycles. The van der Waals surface area contributed by atoms with Crippen LogP contribution >= 0.6 is 38.6 Å². The first-order chi connectivity index (χ1) is 15.3. The Kier molecular flexibility index (Phi) is 6.36. The molecule has 3 heterocycles. The van der Waals surface area contributed by atoms with E-state index in [9.17, 15) is 14.7 Å². The SMILES string of the molecule is CCOC(=O)C1=C(C)N=c2s/c(=C/c3cc(Br)c(O)c(OC)c3)c(=O)n2C1c1cccs1. The molecule has 3 aromatic rings. The van der Waals surface area contributed by atoms with Gasteiger partial charge in [0.05, 0.1) is 34.0 Å². The van der Waals surface area contributed by atoms with Gasteiger partial charge in [-0.05, 0) is 65.0 Å². The van der Waals surface area contributed by atoms with Crippen molar-refractivity contribution in [2.24, 2.45) is 4.99 Å². The minimum absolute atomic E-state index is 0.0153. The van der Waals surface area contributed by atoms with Gasteiger partial charge in [-0.15, -0.1) is 11.3 Å². The number of phenols is 1. The number of ether oxygens (including phenoxy) is 2. The maximum Gasteiger partial charge on any atom is 0.338 e. The normalized spacial score (nSPS) is 16.0. The number of hydrogen-bond acceptors (Lipinski definition) is 8. The van der Waals surface area contributed by atoms with Crippen LogP contribution in [0.1, 0.15) is 30.3 Å². The predicted molar refractivity (Wildman–Crippen MR) is 127 cm³/mol. The number of carbonyl (C=O) groups excluding carboxylic acids is 1. The Balaban J connectivity index is 1.93. The molecular formula is C22H19BrN2O5S2. The number of carbonyl (C=O) groups is 1. The van der Waals surface area contributed by atoms with Crippen molar-refractivity contribution in [3.8, 4) is 11.5 Å². The number of fused-ring (bicyclic) bond motifs is 1. The van der Waals surface area contributed by atoms with Crippen molar-refractivity contribution in [1.82, 2.24) is 4.57 Å². The second-order valence-corrected chi connectivity index (χ2v) is 9.71. The molecule has 10 heteroatoms. The van der Waals surface area contributed by atoms with Crippen LogP contribution in [0.2, 0.25) is 0 Å². The summed E-state index contributed by atoms with van der Waals surface area (Å²) in [6, 6.07) is 6.51. The lowest BCUT2D eigenvalue weighted by Gasteiger charge is -2.23. The van der Waals surface area contributed by atoms with E-state index in [0.717, 1.165) is 4.88 Å². The molecule has 0 spiro atoms. The van der Waals surface area contributed by atoms with Gasteiger partial charge in [-0.25, -0.2) is 9.79 Å². The summed E-state index contributed by atoms with van der Waals surface area (Å²) < 4.78 is 12.9. The topological polar surface area (TPSA) is 90.1 Å². The average molecular weight is 535 g/mol. The maximum atomic E-state index is 13.5. The van der Waals surface area contributed by atoms with Crippen LogP contribution in [-0.2, 0) is 9.53 Å². The molecule has 0 fully saturated rings. The third-order valence-corrected chi connectivity index (χ3v) is 7.41. The Morgan fingerprint density at radius 2 is 2.19 bits per heavy atom. The van der Waals surface area contributed by atoms with Gasteiger partial charge in [-0.2, -0.15) is 0 Å². The third kappa shape index (κ3) is 3.94. The van der Waals surface area contributed by atoms with Crippen LogP contribution in [0.5, 0.6) is 11.5 Å². The molecule has 166 valence electrons. The number of halogens is 1. The number of thiazole rings is 1. The Bertz CT molecular complexity index is 1400. The van der Waals surface area contributed by atoms with E-state index in [-0.39, 0.29) is 23.7 Å². The second-order valence-electron chi connectivity index (χ2n) is 6.87. The summed E-state index contributed by atoms with van der Waals surface area (Å²) in [6.45, 7) is 3.73. The monoisotopic (exact) mass is 534 g/mol. The summed E-state index contributed by atoms with van der Waals surface area (Å²) in [7, 11) is 1.46. The van der Waals surface area contributed by atoms with Gasteiger partial charge in [0.2, 0.25) is 0 Å². The van der Waals surface area contributed by atoms with Crippen LogP contribution < -0.4 is 19.6 Å². The van der Waals surface area contributed by atoms with E-state index in [2.05, 4.69) is 20.9 Å². The van der Waals surface area contributed by atoms with E-state index < -0.39 is 12.0 Å². The zero-order chi connectivity index (χ0) is 23.0. The minimum Gasteiger partial charge on any atom is -0.503 e. The number of thiophene rings is 1. The van der Waals surface area contributed by atoms with Gasteiger partial charge < -0.3 is 14.6 Å². The molecule has 1 N–H and O–H groups in total. The number of benzene rings is 1. The Hall–Kier alpha value is -2.69. The van der Waals surface area contributed by atoms with Gasteiger partial charge in [0, 0.05) is 4.88 Å². The van der Waals surface area contributed by atoms with E-state index in [1.54, 1.807) is 36.6 Å².